The maximum absolute atomic E-state index is 13.2. The summed E-state index contributed by atoms with van der Waals surface area (Å²) in [6.07, 6.45) is 9.85. The van der Waals surface area contributed by atoms with Gasteiger partial charge in [0.15, 0.2) is 0 Å². The predicted molar refractivity (Wildman–Crippen MR) is 158 cm³/mol. The third-order valence-electron chi connectivity index (χ3n) is 6.35. The van der Waals surface area contributed by atoms with Crippen LogP contribution in [0.4, 0.5) is 10.1 Å². The maximum Gasteiger partial charge on any atom is 0.255 e. The number of aromatic nitrogens is 1. The molecular formula is C29H33FN4O2S2. The summed E-state index contributed by atoms with van der Waals surface area (Å²) in [7, 11) is 3.53. The summed E-state index contributed by atoms with van der Waals surface area (Å²) in [5.74, 6) is 0.954. The number of nitrogens with one attached hydrogen (secondary N) is 1. The van der Waals surface area contributed by atoms with Gasteiger partial charge in [0.25, 0.3) is 5.91 Å². The molecule has 0 saturated carbocycles. The van der Waals surface area contributed by atoms with Crippen LogP contribution < -0.4 is 9.62 Å². The first-order valence-electron chi connectivity index (χ1n) is 12.6. The number of amides is 1. The van der Waals surface area contributed by atoms with E-state index in [0.717, 1.165) is 16.8 Å². The average Bonchev–Trinajstić information content (AvgIpc) is 3.36. The molecule has 1 fully saturated rings. The summed E-state index contributed by atoms with van der Waals surface area (Å²) in [4.78, 5) is 16.4. The molecule has 0 aliphatic carbocycles. The number of nitrogens with zero attached hydrogens (tertiary/aromatic N) is 3. The molecule has 0 bridgehead atoms. The van der Waals surface area contributed by atoms with Crippen molar-refractivity contribution >= 4 is 46.5 Å². The zero-order valence-corrected chi connectivity index (χ0v) is 23.6. The van der Waals surface area contributed by atoms with Crippen LogP contribution in [0.5, 0.6) is 0 Å². The Morgan fingerprint density at radius 1 is 1.08 bits per heavy atom. The lowest BCUT2D eigenvalue weighted by atomic mass is 10.0. The van der Waals surface area contributed by atoms with E-state index in [9.17, 15) is 9.18 Å². The number of anilines is 1. The van der Waals surface area contributed by atoms with E-state index in [1.165, 1.54) is 50.0 Å². The molecule has 0 spiro atoms. The highest BCUT2D eigenvalue weighted by molar-refractivity contribution is 7.99. The van der Waals surface area contributed by atoms with Gasteiger partial charge in [-0.3, -0.25) is 14.1 Å². The van der Waals surface area contributed by atoms with Gasteiger partial charge in [0, 0.05) is 68.6 Å². The van der Waals surface area contributed by atoms with Crippen LogP contribution in [-0.4, -0.2) is 48.6 Å². The van der Waals surface area contributed by atoms with Gasteiger partial charge >= 0.3 is 0 Å². The smallest absolute Gasteiger partial charge is 0.255 e. The lowest BCUT2D eigenvalue weighted by Gasteiger charge is -2.24. The third-order valence-corrected chi connectivity index (χ3v) is 8.30. The van der Waals surface area contributed by atoms with Crippen LogP contribution >= 0.6 is 23.9 Å². The maximum atomic E-state index is 13.2. The van der Waals surface area contributed by atoms with Crippen molar-refractivity contribution in [1.82, 2.24) is 14.6 Å². The molecule has 9 heteroatoms. The number of fused-ring (bicyclic) bond motifs is 1. The van der Waals surface area contributed by atoms with Gasteiger partial charge in [-0.1, -0.05) is 30.3 Å². The van der Waals surface area contributed by atoms with Gasteiger partial charge in [0.05, 0.1) is 11.3 Å². The number of hydrogen-bond donors (Lipinski definition) is 1. The number of furan rings is 1. The van der Waals surface area contributed by atoms with E-state index in [1.807, 2.05) is 60.1 Å². The van der Waals surface area contributed by atoms with Gasteiger partial charge in [-0.05, 0) is 66.9 Å². The highest BCUT2D eigenvalue weighted by atomic mass is 32.2. The SMILES string of the molecule is CNC(=O)c1c(-c2ccc(F)cc2)oc2cc(N(C)SC)ccc12.c1cc(CSN2CCCCC2)ccn1. The van der Waals surface area contributed by atoms with Crippen molar-refractivity contribution in [2.75, 3.05) is 37.7 Å². The minimum absolute atomic E-state index is 0.237. The molecule has 0 unspecified atom stereocenters. The number of benzene rings is 2. The zero-order valence-electron chi connectivity index (χ0n) is 21.9. The molecule has 5 rings (SSSR count). The minimum Gasteiger partial charge on any atom is -0.455 e. The molecule has 2 aromatic heterocycles. The van der Waals surface area contributed by atoms with Crippen LogP contribution in [-0.2, 0) is 5.75 Å². The Balaban J connectivity index is 0.000000204. The van der Waals surface area contributed by atoms with E-state index in [4.69, 9.17) is 4.42 Å². The summed E-state index contributed by atoms with van der Waals surface area (Å²) in [5.41, 5.74) is 4.07. The van der Waals surface area contributed by atoms with Gasteiger partial charge in [-0.15, -0.1) is 0 Å². The molecule has 0 atom stereocenters. The summed E-state index contributed by atoms with van der Waals surface area (Å²) in [6, 6.07) is 15.8. The number of carbonyl (C=O) groups is 1. The first kappa shape index (κ1) is 28.0. The average molecular weight is 553 g/mol. The van der Waals surface area contributed by atoms with Crippen LogP contribution in [0.3, 0.4) is 0 Å². The van der Waals surface area contributed by atoms with Crippen LogP contribution in [0.1, 0.15) is 35.2 Å². The van der Waals surface area contributed by atoms with Gasteiger partial charge in [-0.25, -0.2) is 4.39 Å². The Kier molecular flexibility index (Phi) is 10.1. The summed E-state index contributed by atoms with van der Waals surface area (Å²) >= 11 is 3.53. The number of pyridine rings is 1. The molecule has 1 aliphatic heterocycles. The minimum atomic E-state index is -0.333. The van der Waals surface area contributed by atoms with Crippen molar-refractivity contribution < 1.29 is 13.6 Å². The molecule has 1 N–H and O–H groups in total. The largest absolute Gasteiger partial charge is 0.455 e. The number of carbonyl (C=O) groups excluding carboxylic acids is 1. The lowest BCUT2D eigenvalue weighted by Crippen LogP contribution is -2.23. The van der Waals surface area contributed by atoms with Crippen molar-refractivity contribution in [2.24, 2.45) is 0 Å². The van der Waals surface area contributed by atoms with E-state index < -0.39 is 0 Å². The molecule has 4 aromatic rings. The second kappa shape index (κ2) is 13.7. The summed E-state index contributed by atoms with van der Waals surface area (Å²) < 4.78 is 23.6. The Bertz CT molecular complexity index is 1330. The van der Waals surface area contributed by atoms with Gasteiger partial charge in [-0.2, -0.15) is 0 Å². The molecule has 1 amide bonds. The molecule has 1 aliphatic rings. The van der Waals surface area contributed by atoms with Crippen LogP contribution in [0.2, 0.25) is 0 Å². The first-order valence-corrected chi connectivity index (χ1v) is 14.7. The van der Waals surface area contributed by atoms with E-state index in [-0.39, 0.29) is 11.7 Å². The molecule has 38 heavy (non-hydrogen) atoms. The van der Waals surface area contributed by atoms with Gasteiger partial charge in [0.1, 0.15) is 17.2 Å². The van der Waals surface area contributed by atoms with Crippen molar-refractivity contribution in [3.05, 3.63) is 83.9 Å². The van der Waals surface area contributed by atoms with Crippen LogP contribution in [0, 0.1) is 5.82 Å². The van der Waals surface area contributed by atoms with Crippen molar-refractivity contribution in [2.45, 2.75) is 25.0 Å². The second-order valence-corrected chi connectivity index (χ2v) is 10.8. The Morgan fingerprint density at radius 2 is 1.79 bits per heavy atom. The normalized spacial score (nSPS) is 13.6. The van der Waals surface area contributed by atoms with Crippen molar-refractivity contribution in [1.29, 1.82) is 0 Å². The van der Waals surface area contributed by atoms with Crippen LogP contribution in [0.25, 0.3) is 22.3 Å². The second-order valence-electron chi connectivity index (χ2n) is 8.87. The molecule has 0 radical (unpaired) electrons. The lowest BCUT2D eigenvalue weighted by molar-refractivity contribution is 0.0964. The summed E-state index contributed by atoms with van der Waals surface area (Å²) in [6.45, 7) is 2.52. The number of hydrogen-bond acceptors (Lipinski definition) is 7. The quantitative estimate of drug-likeness (QED) is 0.247. The molecule has 200 valence electrons. The predicted octanol–water partition coefficient (Wildman–Crippen LogP) is 7.03. The highest BCUT2D eigenvalue weighted by Crippen LogP contribution is 2.36. The molecule has 3 heterocycles. The zero-order chi connectivity index (χ0) is 26.9. The number of rotatable bonds is 7. The molecule has 2 aromatic carbocycles. The topological polar surface area (TPSA) is 61.6 Å². The third kappa shape index (κ3) is 7.09. The highest BCUT2D eigenvalue weighted by Gasteiger charge is 2.22. The number of piperidine rings is 1. The van der Waals surface area contributed by atoms with Crippen LogP contribution in [0.15, 0.2) is 71.4 Å². The van der Waals surface area contributed by atoms with E-state index in [1.54, 1.807) is 31.1 Å². The first-order chi connectivity index (χ1) is 18.5. The van der Waals surface area contributed by atoms with Gasteiger partial charge in [0.2, 0.25) is 0 Å². The number of halogens is 1. The van der Waals surface area contributed by atoms with E-state index in [2.05, 4.69) is 26.7 Å². The van der Waals surface area contributed by atoms with Crippen molar-refractivity contribution in [3.63, 3.8) is 0 Å². The standard InChI is InChI=1S/C18H17FN2O2S.C11H16N2S/c1-20-18(22)16-14-9-8-13(21(2)24-3)10-15(14)23-17(16)11-4-6-12(19)7-5-11;1-2-8-13(9-3-1)14-10-11-4-6-12-7-5-11/h4-10H,1-3H3,(H,20,22);4-7H,1-3,8-10H2. The molecule has 1 saturated heterocycles. The molecular weight excluding hydrogens is 519 g/mol. The van der Waals surface area contributed by atoms with E-state index in [0.29, 0.717) is 22.5 Å². The fourth-order valence-corrected chi connectivity index (χ4v) is 5.55. The Labute approximate surface area is 232 Å². The summed E-state index contributed by atoms with van der Waals surface area (Å²) in [5, 5.41) is 3.37. The fourth-order valence-electron chi connectivity index (χ4n) is 4.18. The van der Waals surface area contributed by atoms with Crippen molar-refractivity contribution in [3.8, 4) is 11.3 Å². The monoisotopic (exact) mass is 552 g/mol. The van der Waals surface area contributed by atoms with Gasteiger partial charge < -0.3 is 14.0 Å². The Hall–Kier alpha value is -3.01. The Morgan fingerprint density at radius 3 is 2.45 bits per heavy atom. The van der Waals surface area contributed by atoms with E-state index >= 15 is 0 Å². The fraction of sp³-hybridized carbons (Fsp3) is 0.310. The molecule has 6 nitrogen and oxygen atoms in total.